The number of nitrogens with zero attached hydrogens (tertiary/aromatic N) is 3. The summed E-state index contributed by atoms with van der Waals surface area (Å²) < 4.78 is 1.81. The Kier molecular flexibility index (Phi) is 4.73. The molecule has 3 rings (SSSR count). The van der Waals surface area contributed by atoms with Gasteiger partial charge < -0.3 is 10.6 Å². The molecule has 1 fully saturated rings. The van der Waals surface area contributed by atoms with Crippen LogP contribution in [0, 0.1) is 0 Å². The van der Waals surface area contributed by atoms with Gasteiger partial charge in [0.1, 0.15) is 10.5 Å². The van der Waals surface area contributed by atoms with Crippen LogP contribution >= 0.6 is 11.3 Å². The number of piperidine rings is 1. The second-order valence-corrected chi connectivity index (χ2v) is 8.23. The maximum atomic E-state index is 13.0. The first-order valence-electron chi connectivity index (χ1n) is 8.36. The van der Waals surface area contributed by atoms with E-state index in [0.717, 1.165) is 36.6 Å². The van der Waals surface area contributed by atoms with E-state index in [1.165, 1.54) is 0 Å². The van der Waals surface area contributed by atoms with Crippen molar-refractivity contribution in [1.29, 1.82) is 0 Å². The molecule has 130 valence electrons. The van der Waals surface area contributed by atoms with Crippen LogP contribution in [0.3, 0.4) is 0 Å². The molecule has 1 aliphatic heterocycles. The van der Waals surface area contributed by atoms with E-state index in [-0.39, 0.29) is 11.3 Å². The number of hydrogen-bond acceptors (Lipinski definition) is 5. The number of rotatable bonds is 4. The van der Waals surface area contributed by atoms with Crippen molar-refractivity contribution < 1.29 is 4.79 Å². The maximum Gasteiger partial charge on any atom is 0.248 e. The third-order valence-electron chi connectivity index (χ3n) is 4.52. The van der Waals surface area contributed by atoms with Gasteiger partial charge in [-0.05, 0) is 32.0 Å². The first kappa shape index (κ1) is 17.1. The molecule has 0 saturated carbocycles. The highest BCUT2D eigenvalue weighted by molar-refractivity contribution is 7.09. The Morgan fingerprint density at radius 2 is 2.17 bits per heavy atom. The summed E-state index contributed by atoms with van der Waals surface area (Å²) in [6.45, 7) is 8.54. The summed E-state index contributed by atoms with van der Waals surface area (Å²) >= 11 is 1.60. The molecule has 7 heteroatoms. The molecule has 0 aliphatic carbocycles. The Morgan fingerprint density at radius 3 is 2.75 bits per heavy atom. The highest BCUT2D eigenvalue weighted by atomic mass is 32.1. The average Bonchev–Trinajstić information content (AvgIpc) is 3.24. The molecule has 6 nitrogen and oxygen atoms in total. The fraction of sp³-hybridized carbons (Fsp3) is 0.588. The van der Waals surface area contributed by atoms with E-state index in [4.69, 9.17) is 0 Å². The largest absolute Gasteiger partial charge is 0.347 e. The Balaban J connectivity index is 1.71. The molecule has 2 N–H and O–H groups in total. The van der Waals surface area contributed by atoms with Gasteiger partial charge in [0.25, 0.3) is 0 Å². The van der Waals surface area contributed by atoms with Gasteiger partial charge in [0, 0.05) is 23.2 Å². The van der Waals surface area contributed by atoms with E-state index in [1.54, 1.807) is 17.5 Å². The van der Waals surface area contributed by atoms with Gasteiger partial charge in [0.05, 0.1) is 12.2 Å². The molecule has 1 saturated heterocycles. The topological polar surface area (TPSA) is 71.8 Å². The lowest BCUT2D eigenvalue weighted by Gasteiger charge is -2.36. The third kappa shape index (κ3) is 3.37. The van der Waals surface area contributed by atoms with E-state index in [2.05, 4.69) is 46.9 Å². The molecule has 24 heavy (non-hydrogen) atoms. The fourth-order valence-corrected chi connectivity index (χ4v) is 3.94. The van der Waals surface area contributed by atoms with Gasteiger partial charge in [-0.15, -0.1) is 11.3 Å². The second kappa shape index (κ2) is 6.64. The number of hydrogen-bond donors (Lipinski definition) is 2. The van der Waals surface area contributed by atoms with Gasteiger partial charge >= 0.3 is 0 Å². The normalized spacial score (nSPS) is 17.6. The second-order valence-electron chi connectivity index (χ2n) is 7.29. The summed E-state index contributed by atoms with van der Waals surface area (Å²) in [7, 11) is 0. The highest BCUT2D eigenvalue weighted by Gasteiger charge is 2.41. The lowest BCUT2D eigenvalue weighted by molar-refractivity contribution is -0.132. The van der Waals surface area contributed by atoms with Crippen molar-refractivity contribution in [1.82, 2.24) is 25.4 Å². The molecule has 2 aromatic rings. The third-order valence-corrected chi connectivity index (χ3v) is 5.37. The van der Waals surface area contributed by atoms with Crippen LogP contribution in [0.2, 0.25) is 0 Å². The molecule has 1 amide bonds. The zero-order valence-electron chi connectivity index (χ0n) is 14.5. The number of aromatic nitrogens is 3. The van der Waals surface area contributed by atoms with Crippen molar-refractivity contribution in [3.8, 4) is 0 Å². The number of carbonyl (C=O) groups excluding carboxylic acids is 1. The van der Waals surface area contributed by atoms with Crippen molar-refractivity contribution in [2.75, 3.05) is 13.1 Å². The predicted molar refractivity (Wildman–Crippen MR) is 95.0 cm³/mol. The Labute approximate surface area is 146 Å². The molecule has 3 heterocycles. The molecule has 0 unspecified atom stereocenters. The van der Waals surface area contributed by atoms with Crippen LogP contribution < -0.4 is 10.6 Å². The maximum absolute atomic E-state index is 13.0. The number of amides is 1. The van der Waals surface area contributed by atoms with E-state index >= 15 is 0 Å². The molecular weight excluding hydrogens is 322 g/mol. The van der Waals surface area contributed by atoms with Gasteiger partial charge in [-0.1, -0.05) is 20.8 Å². The number of nitrogens with one attached hydrogen (secondary N) is 2. The quantitative estimate of drug-likeness (QED) is 0.888. The minimum atomic E-state index is -0.598. The summed E-state index contributed by atoms with van der Waals surface area (Å²) in [5.74, 6) is 0.0280. The Bertz CT molecular complexity index is 680. The molecular formula is C17H25N5OS. The van der Waals surface area contributed by atoms with Crippen molar-refractivity contribution in [2.45, 2.75) is 51.1 Å². The van der Waals surface area contributed by atoms with E-state index in [1.807, 2.05) is 16.9 Å². The molecule has 0 aromatic carbocycles. The number of thiazole rings is 1. The average molecular weight is 347 g/mol. The van der Waals surface area contributed by atoms with Crippen LogP contribution in [0.4, 0.5) is 0 Å². The fourth-order valence-electron chi connectivity index (χ4n) is 2.98. The summed E-state index contributed by atoms with van der Waals surface area (Å²) in [6.07, 6.45) is 5.09. The summed E-state index contributed by atoms with van der Waals surface area (Å²) in [5, 5.41) is 13.8. The molecule has 1 aliphatic rings. The SMILES string of the molecule is CC(C)(C)c1csc(CNC(=O)C2(n3cccn3)CCNCC2)n1. The van der Waals surface area contributed by atoms with Gasteiger partial charge in [-0.2, -0.15) is 5.10 Å². The highest BCUT2D eigenvalue weighted by Crippen LogP contribution is 2.28. The minimum absolute atomic E-state index is 0.0280. The molecule has 0 atom stereocenters. The van der Waals surface area contributed by atoms with Crippen LogP contribution in [0.5, 0.6) is 0 Å². The first-order valence-corrected chi connectivity index (χ1v) is 9.24. The van der Waals surface area contributed by atoms with Crippen molar-refractivity contribution >= 4 is 17.2 Å². The van der Waals surface area contributed by atoms with Crippen molar-refractivity contribution in [3.63, 3.8) is 0 Å². The molecule has 0 spiro atoms. The van der Waals surface area contributed by atoms with E-state index in [0.29, 0.717) is 6.54 Å². The first-order chi connectivity index (χ1) is 11.4. The predicted octanol–water partition coefficient (Wildman–Crippen LogP) is 2.03. The van der Waals surface area contributed by atoms with Crippen LogP contribution in [-0.4, -0.2) is 33.8 Å². The lowest BCUT2D eigenvalue weighted by Crippen LogP contribution is -2.54. The van der Waals surface area contributed by atoms with Gasteiger partial charge in [-0.25, -0.2) is 4.98 Å². The van der Waals surface area contributed by atoms with Crippen LogP contribution in [0.25, 0.3) is 0 Å². The molecule has 0 radical (unpaired) electrons. The molecule has 0 bridgehead atoms. The standard InChI is InChI=1S/C17H25N5OS/c1-16(2,3)13-12-24-14(21-13)11-19-15(23)17(5-8-18-9-6-17)22-10-4-7-20-22/h4,7,10,12,18H,5-6,8-9,11H2,1-3H3,(H,19,23). The smallest absolute Gasteiger partial charge is 0.248 e. The van der Waals surface area contributed by atoms with E-state index < -0.39 is 5.54 Å². The summed E-state index contributed by atoms with van der Waals surface area (Å²) in [4.78, 5) is 17.6. The van der Waals surface area contributed by atoms with Crippen LogP contribution in [-0.2, 0) is 22.3 Å². The van der Waals surface area contributed by atoms with Crippen LogP contribution in [0.15, 0.2) is 23.8 Å². The monoisotopic (exact) mass is 347 g/mol. The van der Waals surface area contributed by atoms with Gasteiger partial charge in [0.2, 0.25) is 5.91 Å². The minimum Gasteiger partial charge on any atom is -0.347 e. The van der Waals surface area contributed by atoms with Gasteiger partial charge in [-0.3, -0.25) is 9.48 Å². The van der Waals surface area contributed by atoms with E-state index in [9.17, 15) is 4.79 Å². The summed E-state index contributed by atoms with van der Waals surface area (Å²) in [6, 6.07) is 1.87. The summed E-state index contributed by atoms with van der Waals surface area (Å²) in [5.41, 5.74) is 0.503. The Hall–Kier alpha value is -1.73. The van der Waals surface area contributed by atoms with Gasteiger partial charge in [0.15, 0.2) is 0 Å². The zero-order chi connectivity index (χ0) is 17.2. The zero-order valence-corrected chi connectivity index (χ0v) is 15.3. The molecule has 2 aromatic heterocycles. The van der Waals surface area contributed by atoms with Crippen molar-refractivity contribution in [3.05, 3.63) is 34.5 Å². The van der Waals surface area contributed by atoms with Crippen LogP contribution in [0.1, 0.15) is 44.3 Å². The lowest BCUT2D eigenvalue weighted by atomic mass is 9.87. The van der Waals surface area contributed by atoms with Crippen molar-refractivity contribution in [2.24, 2.45) is 0 Å². The number of carbonyl (C=O) groups is 1. The Morgan fingerprint density at radius 1 is 1.42 bits per heavy atom.